The van der Waals surface area contributed by atoms with Gasteiger partial charge in [0.2, 0.25) is 8.46 Å². The summed E-state index contributed by atoms with van der Waals surface area (Å²) < 4.78 is 10.1. The van der Waals surface area contributed by atoms with Crippen LogP contribution in [0.25, 0.3) is 0 Å². The summed E-state index contributed by atoms with van der Waals surface area (Å²) in [5.41, 5.74) is 0.111. The minimum Gasteiger partial charge on any atom is -0.280 e. The smallest absolute Gasteiger partial charge is 0.253 e. The van der Waals surface area contributed by atoms with Crippen molar-refractivity contribution in [1.82, 2.24) is 0 Å². The lowest BCUT2D eigenvalue weighted by Crippen LogP contribution is -1.85. The fraction of sp³-hybridized carbons (Fsp3) is 0. The summed E-state index contributed by atoms with van der Waals surface area (Å²) >= 11 is 0. The van der Waals surface area contributed by atoms with Crippen LogP contribution in [0.3, 0.4) is 0 Å². The third-order valence-electron chi connectivity index (χ3n) is 1.10. The van der Waals surface area contributed by atoms with Crippen LogP contribution in [0, 0.1) is 0 Å². The molecule has 0 bridgehead atoms. The first-order valence-corrected chi connectivity index (χ1v) is 3.58. The van der Waals surface area contributed by atoms with Gasteiger partial charge in [-0.05, 0) is 0 Å². The molecule has 0 N–H and O–H groups in total. The predicted molar refractivity (Wildman–Crippen MR) is 38.4 cm³/mol. The molecule has 2 nitrogen and oxygen atoms in total. The van der Waals surface area contributed by atoms with Crippen LogP contribution < -0.4 is 0 Å². The van der Waals surface area contributed by atoms with Crippen LogP contribution in [0.4, 0.5) is 0 Å². The number of carbonyl (C=O) groups is 1. The lowest BCUT2D eigenvalue weighted by molar-refractivity contribution is 0.108. The van der Waals surface area contributed by atoms with Crippen LogP contribution >= 0.6 is 8.46 Å². The summed E-state index contributed by atoms with van der Waals surface area (Å²) in [6, 6.07) is 8.54. The number of rotatable bonds is 2. The van der Waals surface area contributed by atoms with Gasteiger partial charge in [0, 0.05) is 5.56 Å². The molecule has 0 amide bonds. The van der Waals surface area contributed by atoms with Gasteiger partial charge in [-0.2, -0.15) is 0 Å². The summed E-state index contributed by atoms with van der Waals surface area (Å²) in [5, 5.41) is 0. The van der Waals surface area contributed by atoms with E-state index in [4.69, 9.17) is 0 Å². The zero-order valence-corrected chi connectivity index (χ0v) is 6.04. The van der Waals surface area contributed by atoms with E-state index in [-0.39, 0.29) is 5.52 Å². The standard InChI is InChI=1S/C7H5O2P/c8-7(10-9)6-4-2-1-3-5-6/h1-5H. The van der Waals surface area contributed by atoms with Crippen LogP contribution in [-0.2, 0) is 4.57 Å². The molecular formula is C7H5O2P. The molecule has 0 aliphatic carbocycles. The molecule has 0 aliphatic heterocycles. The molecule has 0 aliphatic rings. The number of hydrogen-bond acceptors (Lipinski definition) is 2. The molecule has 0 fully saturated rings. The van der Waals surface area contributed by atoms with E-state index in [9.17, 15) is 9.36 Å². The summed E-state index contributed by atoms with van der Waals surface area (Å²) in [6.45, 7) is 0. The van der Waals surface area contributed by atoms with Crippen LogP contribution in [0.15, 0.2) is 30.3 Å². The van der Waals surface area contributed by atoms with E-state index in [1.165, 1.54) is 0 Å². The Hall–Kier alpha value is -1.01. The molecule has 0 aromatic heterocycles. The summed E-state index contributed by atoms with van der Waals surface area (Å²) in [4.78, 5) is 10.7. The molecule has 0 atom stereocenters. The Morgan fingerprint density at radius 2 is 1.80 bits per heavy atom. The fourth-order valence-electron chi connectivity index (χ4n) is 0.633. The molecule has 0 spiro atoms. The Kier molecular flexibility index (Phi) is 2.30. The molecule has 0 heterocycles. The van der Waals surface area contributed by atoms with Crippen molar-refractivity contribution in [3.05, 3.63) is 35.9 Å². The summed E-state index contributed by atoms with van der Waals surface area (Å²) in [7, 11) is -0.445. The Morgan fingerprint density at radius 3 is 2.30 bits per heavy atom. The van der Waals surface area contributed by atoms with E-state index in [2.05, 4.69) is 0 Å². The van der Waals surface area contributed by atoms with E-state index in [0.717, 1.165) is 0 Å². The zero-order valence-electron chi connectivity index (χ0n) is 5.15. The predicted octanol–water partition coefficient (Wildman–Crippen LogP) is 2.12. The summed E-state index contributed by atoms with van der Waals surface area (Å²) in [5.74, 6) is 0. The first kappa shape index (κ1) is 7.10. The third-order valence-corrected chi connectivity index (χ3v) is 1.53. The molecule has 10 heavy (non-hydrogen) atoms. The van der Waals surface area contributed by atoms with Crippen molar-refractivity contribution in [2.45, 2.75) is 0 Å². The highest BCUT2D eigenvalue weighted by atomic mass is 31.1. The van der Waals surface area contributed by atoms with E-state index in [0.29, 0.717) is 5.56 Å². The van der Waals surface area contributed by atoms with Crippen molar-refractivity contribution < 1.29 is 9.36 Å². The van der Waals surface area contributed by atoms with Crippen molar-refractivity contribution in [2.75, 3.05) is 0 Å². The molecule has 3 heteroatoms. The van der Waals surface area contributed by atoms with Crippen LogP contribution in [-0.4, -0.2) is 5.52 Å². The van der Waals surface area contributed by atoms with Gasteiger partial charge >= 0.3 is 0 Å². The lowest BCUT2D eigenvalue weighted by Gasteiger charge is -1.87. The van der Waals surface area contributed by atoms with Gasteiger partial charge in [-0.25, -0.2) is 0 Å². The number of carbonyl (C=O) groups excluding carboxylic acids is 1. The second-order valence-corrected chi connectivity index (χ2v) is 2.35. The van der Waals surface area contributed by atoms with Gasteiger partial charge < -0.3 is 0 Å². The molecule has 0 saturated carbocycles. The van der Waals surface area contributed by atoms with Gasteiger partial charge in [-0.1, -0.05) is 30.3 Å². The maximum Gasteiger partial charge on any atom is 0.253 e. The van der Waals surface area contributed by atoms with Crippen molar-refractivity contribution in [3.8, 4) is 0 Å². The minimum absolute atomic E-state index is 0.374. The Morgan fingerprint density at radius 1 is 1.20 bits per heavy atom. The van der Waals surface area contributed by atoms with Gasteiger partial charge in [0.25, 0.3) is 5.52 Å². The minimum atomic E-state index is -0.445. The van der Waals surface area contributed by atoms with Gasteiger partial charge in [-0.15, -0.1) is 0 Å². The molecule has 50 valence electrons. The highest BCUT2D eigenvalue weighted by Gasteiger charge is 2.01. The Labute approximate surface area is 60.1 Å². The second kappa shape index (κ2) is 3.23. The van der Waals surface area contributed by atoms with E-state index < -0.39 is 8.46 Å². The molecule has 1 rings (SSSR count). The SMILES string of the molecule is O=PC(=O)c1ccccc1. The average Bonchev–Trinajstić information content (AvgIpc) is 2.05. The van der Waals surface area contributed by atoms with Gasteiger partial charge in [-0.3, -0.25) is 9.36 Å². The molecule has 0 unspecified atom stereocenters. The largest absolute Gasteiger partial charge is 0.280 e. The molecule has 0 radical (unpaired) electrons. The van der Waals surface area contributed by atoms with Crippen molar-refractivity contribution in [3.63, 3.8) is 0 Å². The van der Waals surface area contributed by atoms with Gasteiger partial charge in [0.1, 0.15) is 0 Å². The van der Waals surface area contributed by atoms with Crippen LogP contribution in [0.2, 0.25) is 0 Å². The maximum absolute atomic E-state index is 10.7. The summed E-state index contributed by atoms with van der Waals surface area (Å²) in [6.07, 6.45) is 0. The van der Waals surface area contributed by atoms with E-state index in [1.807, 2.05) is 0 Å². The first-order valence-electron chi connectivity index (χ1n) is 2.77. The number of benzene rings is 1. The van der Waals surface area contributed by atoms with Crippen molar-refractivity contribution in [2.24, 2.45) is 0 Å². The van der Waals surface area contributed by atoms with Crippen molar-refractivity contribution >= 4 is 14.0 Å². The van der Waals surface area contributed by atoms with Gasteiger partial charge in [0.05, 0.1) is 0 Å². The first-order chi connectivity index (χ1) is 4.84. The quantitative estimate of drug-likeness (QED) is 0.608. The Balaban J connectivity index is 2.95. The number of hydrogen-bond donors (Lipinski definition) is 0. The molecule has 1 aromatic carbocycles. The van der Waals surface area contributed by atoms with Gasteiger partial charge in [0.15, 0.2) is 0 Å². The van der Waals surface area contributed by atoms with E-state index >= 15 is 0 Å². The fourth-order valence-corrected chi connectivity index (χ4v) is 0.888. The van der Waals surface area contributed by atoms with Crippen molar-refractivity contribution in [1.29, 1.82) is 0 Å². The Bertz CT molecular complexity index is 243. The average molecular weight is 152 g/mol. The maximum atomic E-state index is 10.7. The normalized spacial score (nSPS) is 9.60. The molecular weight excluding hydrogens is 147 g/mol. The van der Waals surface area contributed by atoms with E-state index in [1.54, 1.807) is 30.3 Å². The van der Waals surface area contributed by atoms with Crippen LogP contribution in [0.1, 0.15) is 10.4 Å². The lowest BCUT2D eigenvalue weighted by atomic mass is 10.2. The zero-order chi connectivity index (χ0) is 7.40. The third kappa shape index (κ3) is 1.49. The highest BCUT2D eigenvalue weighted by molar-refractivity contribution is 7.47. The molecule has 1 aromatic rings. The molecule has 0 saturated heterocycles. The topological polar surface area (TPSA) is 34.1 Å². The van der Waals surface area contributed by atoms with Crippen LogP contribution in [0.5, 0.6) is 0 Å². The monoisotopic (exact) mass is 152 g/mol. The highest BCUT2D eigenvalue weighted by Crippen LogP contribution is 2.07. The second-order valence-electron chi connectivity index (χ2n) is 1.76.